The van der Waals surface area contributed by atoms with Gasteiger partial charge in [-0.05, 0) is 39.3 Å². The molecule has 1 atom stereocenters. The Morgan fingerprint density at radius 1 is 0.938 bits per heavy atom. The lowest BCUT2D eigenvalue weighted by Gasteiger charge is -2.12. The molecule has 0 aliphatic carbocycles. The first-order valence-corrected chi connectivity index (χ1v) is 7.24. The maximum atomic E-state index is 5.45. The molecule has 98 valence electrons. The Morgan fingerprint density at radius 3 is 2.19 bits per heavy atom. The normalized spacial score (nSPS) is 12.9. The van der Waals surface area contributed by atoms with E-state index < -0.39 is 0 Å². The average Bonchev–Trinajstić information content (AvgIpc) is 2.30. The minimum Gasteiger partial charge on any atom is -0.330 e. The lowest BCUT2D eigenvalue weighted by molar-refractivity contribution is 0.477. The summed E-state index contributed by atoms with van der Waals surface area (Å²) in [5.41, 5.74) is 5.45. The molecule has 0 saturated heterocycles. The Morgan fingerprint density at radius 2 is 1.56 bits per heavy atom. The van der Waals surface area contributed by atoms with Gasteiger partial charge in [0.05, 0.1) is 0 Å². The van der Waals surface area contributed by atoms with Crippen molar-refractivity contribution in [2.75, 3.05) is 13.1 Å². The maximum Gasteiger partial charge on any atom is 0.00387 e. The second-order valence-electron chi connectivity index (χ2n) is 4.91. The molecule has 1 unspecified atom stereocenters. The number of hydrogen-bond donors (Lipinski definition) is 2. The van der Waals surface area contributed by atoms with Gasteiger partial charge < -0.3 is 11.1 Å². The summed E-state index contributed by atoms with van der Waals surface area (Å²) >= 11 is 0. The van der Waals surface area contributed by atoms with E-state index in [0.717, 1.165) is 6.54 Å². The fraction of sp³-hybridized carbons (Fsp3) is 1.00. The quantitative estimate of drug-likeness (QED) is 0.502. The van der Waals surface area contributed by atoms with Gasteiger partial charge in [0, 0.05) is 6.04 Å². The summed E-state index contributed by atoms with van der Waals surface area (Å²) in [5, 5.41) is 3.60. The highest BCUT2D eigenvalue weighted by Crippen LogP contribution is 2.05. The van der Waals surface area contributed by atoms with Gasteiger partial charge in [0.2, 0.25) is 0 Å². The zero-order valence-electron chi connectivity index (χ0n) is 11.4. The minimum atomic E-state index is 0.706. The molecule has 0 bridgehead atoms. The van der Waals surface area contributed by atoms with E-state index in [1.54, 1.807) is 0 Å². The number of hydrogen-bond acceptors (Lipinski definition) is 2. The number of unbranched alkanes of at least 4 members (excludes halogenated alkanes) is 6. The van der Waals surface area contributed by atoms with Crippen LogP contribution in [0.2, 0.25) is 0 Å². The van der Waals surface area contributed by atoms with E-state index in [0.29, 0.717) is 6.04 Å². The van der Waals surface area contributed by atoms with Crippen LogP contribution in [0.4, 0.5) is 0 Å². The Kier molecular flexibility index (Phi) is 12.9. The molecule has 0 aromatic carbocycles. The highest BCUT2D eigenvalue weighted by molar-refractivity contribution is 4.60. The fourth-order valence-electron chi connectivity index (χ4n) is 1.94. The van der Waals surface area contributed by atoms with Crippen LogP contribution in [-0.2, 0) is 0 Å². The Labute approximate surface area is 102 Å². The largest absolute Gasteiger partial charge is 0.330 e. The predicted molar refractivity (Wildman–Crippen MR) is 73.7 cm³/mol. The zero-order chi connectivity index (χ0) is 12.1. The van der Waals surface area contributed by atoms with E-state index in [4.69, 9.17) is 5.73 Å². The summed E-state index contributed by atoms with van der Waals surface area (Å²) in [6.07, 6.45) is 12.0. The summed E-state index contributed by atoms with van der Waals surface area (Å²) in [6, 6.07) is 0.706. The van der Waals surface area contributed by atoms with Gasteiger partial charge in [0.15, 0.2) is 0 Å². The van der Waals surface area contributed by atoms with Crippen molar-refractivity contribution in [3.63, 3.8) is 0 Å². The first kappa shape index (κ1) is 15.9. The Balaban J connectivity index is 3.02. The van der Waals surface area contributed by atoms with Gasteiger partial charge in [0.25, 0.3) is 0 Å². The molecule has 0 heterocycles. The van der Waals surface area contributed by atoms with E-state index in [1.165, 1.54) is 64.3 Å². The first-order valence-electron chi connectivity index (χ1n) is 7.24. The topological polar surface area (TPSA) is 38.0 Å². The highest BCUT2D eigenvalue weighted by atomic mass is 14.9. The highest BCUT2D eigenvalue weighted by Gasteiger charge is 1.99. The molecule has 0 aliphatic heterocycles. The second-order valence-corrected chi connectivity index (χ2v) is 4.91. The van der Waals surface area contributed by atoms with E-state index >= 15 is 0 Å². The zero-order valence-corrected chi connectivity index (χ0v) is 11.4. The van der Waals surface area contributed by atoms with Gasteiger partial charge in [-0.1, -0.05) is 45.4 Å². The van der Waals surface area contributed by atoms with Crippen LogP contribution in [-0.4, -0.2) is 19.1 Å². The van der Waals surface area contributed by atoms with Crippen LogP contribution >= 0.6 is 0 Å². The van der Waals surface area contributed by atoms with Crippen LogP contribution in [0.15, 0.2) is 0 Å². The van der Waals surface area contributed by atoms with Crippen LogP contribution in [0, 0.1) is 0 Å². The van der Waals surface area contributed by atoms with Crippen LogP contribution < -0.4 is 11.1 Å². The molecule has 3 N–H and O–H groups in total. The van der Waals surface area contributed by atoms with Crippen molar-refractivity contribution in [3.05, 3.63) is 0 Å². The summed E-state index contributed by atoms with van der Waals surface area (Å²) in [4.78, 5) is 0. The van der Waals surface area contributed by atoms with Gasteiger partial charge in [0.1, 0.15) is 0 Å². The second kappa shape index (κ2) is 13.0. The summed E-state index contributed by atoms with van der Waals surface area (Å²) in [6.45, 7) is 6.61. The summed E-state index contributed by atoms with van der Waals surface area (Å²) < 4.78 is 0. The number of nitrogens with one attached hydrogen (secondary N) is 1. The third-order valence-electron chi connectivity index (χ3n) is 3.11. The molecule has 0 spiro atoms. The lowest BCUT2D eigenvalue weighted by atomic mass is 10.1. The van der Waals surface area contributed by atoms with Gasteiger partial charge in [-0.2, -0.15) is 0 Å². The van der Waals surface area contributed by atoms with Gasteiger partial charge in [-0.25, -0.2) is 0 Å². The molecule has 0 aromatic rings. The smallest absolute Gasteiger partial charge is 0.00387 e. The molecule has 0 fully saturated rings. The molecule has 0 amide bonds. The Hall–Kier alpha value is -0.0800. The molecular weight excluding hydrogens is 196 g/mol. The van der Waals surface area contributed by atoms with E-state index in [9.17, 15) is 0 Å². The molecule has 0 radical (unpaired) electrons. The van der Waals surface area contributed by atoms with Crippen molar-refractivity contribution in [2.45, 2.75) is 77.7 Å². The minimum absolute atomic E-state index is 0.706. The molecular formula is C14H32N2. The predicted octanol–water partition coefficient (Wildman–Crippen LogP) is 3.45. The maximum absolute atomic E-state index is 5.45. The van der Waals surface area contributed by atoms with Gasteiger partial charge >= 0.3 is 0 Å². The third-order valence-corrected chi connectivity index (χ3v) is 3.11. The van der Waals surface area contributed by atoms with E-state index in [-0.39, 0.29) is 0 Å². The van der Waals surface area contributed by atoms with Crippen molar-refractivity contribution in [1.29, 1.82) is 0 Å². The van der Waals surface area contributed by atoms with E-state index in [1.807, 2.05) is 0 Å². The Bertz CT molecular complexity index is 126. The molecule has 0 aliphatic rings. The SMILES string of the molecule is CCCCC(C)NCCCCCCCCN. The molecule has 2 nitrogen and oxygen atoms in total. The van der Waals surface area contributed by atoms with Gasteiger partial charge in [-0.15, -0.1) is 0 Å². The first-order chi connectivity index (χ1) is 7.81. The van der Waals surface area contributed by atoms with Crippen LogP contribution in [0.25, 0.3) is 0 Å². The molecule has 16 heavy (non-hydrogen) atoms. The lowest BCUT2D eigenvalue weighted by Crippen LogP contribution is -2.26. The molecule has 0 aromatic heterocycles. The molecule has 0 rings (SSSR count). The van der Waals surface area contributed by atoms with Crippen molar-refractivity contribution >= 4 is 0 Å². The van der Waals surface area contributed by atoms with Crippen molar-refractivity contribution in [1.82, 2.24) is 5.32 Å². The van der Waals surface area contributed by atoms with Gasteiger partial charge in [-0.3, -0.25) is 0 Å². The van der Waals surface area contributed by atoms with Crippen LogP contribution in [0.5, 0.6) is 0 Å². The summed E-state index contributed by atoms with van der Waals surface area (Å²) in [5.74, 6) is 0. The standard InChI is InChI=1S/C14H32N2/c1-3-4-11-14(2)16-13-10-8-6-5-7-9-12-15/h14,16H,3-13,15H2,1-2H3. The number of rotatable bonds is 12. The molecule has 0 saturated carbocycles. The molecule has 2 heteroatoms. The van der Waals surface area contributed by atoms with Crippen molar-refractivity contribution in [2.24, 2.45) is 5.73 Å². The van der Waals surface area contributed by atoms with Crippen molar-refractivity contribution < 1.29 is 0 Å². The summed E-state index contributed by atoms with van der Waals surface area (Å²) in [7, 11) is 0. The van der Waals surface area contributed by atoms with Crippen LogP contribution in [0.1, 0.15) is 71.6 Å². The number of nitrogens with two attached hydrogens (primary N) is 1. The van der Waals surface area contributed by atoms with Crippen LogP contribution in [0.3, 0.4) is 0 Å². The van der Waals surface area contributed by atoms with E-state index in [2.05, 4.69) is 19.2 Å². The van der Waals surface area contributed by atoms with Crippen molar-refractivity contribution in [3.8, 4) is 0 Å². The third kappa shape index (κ3) is 12.0. The average molecular weight is 228 g/mol. The fourth-order valence-corrected chi connectivity index (χ4v) is 1.94. The monoisotopic (exact) mass is 228 g/mol.